The van der Waals surface area contributed by atoms with Gasteiger partial charge in [0.2, 0.25) is 0 Å². The molecule has 0 aliphatic carbocycles. The van der Waals surface area contributed by atoms with Crippen LogP contribution in [0.4, 0.5) is 0 Å². The van der Waals surface area contributed by atoms with Gasteiger partial charge in [0.15, 0.2) is 0 Å². The maximum Gasteiger partial charge on any atom is 0.252 e. The van der Waals surface area contributed by atoms with Gasteiger partial charge in [0.05, 0.1) is 17.0 Å². The number of thiophene rings is 1. The molecule has 0 bridgehead atoms. The van der Waals surface area contributed by atoms with Crippen molar-refractivity contribution in [1.82, 2.24) is 10.3 Å². The first kappa shape index (κ1) is 14.3. The zero-order valence-electron chi connectivity index (χ0n) is 10.9. The monoisotopic (exact) mass is 285 g/mol. The average Bonchev–Trinajstić information content (AvgIpc) is 2.95. The van der Waals surface area contributed by atoms with Gasteiger partial charge >= 0.3 is 0 Å². The predicted octanol–water partition coefficient (Wildman–Crippen LogP) is 1.43. The van der Waals surface area contributed by atoms with Crippen LogP contribution in [0, 0.1) is 11.8 Å². The fraction of sp³-hybridized carbons (Fsp3) is 0.200. The molecule has 20 heavy (non-hydrogen) atoms. The lowest BCUT2D eigenvalue weighted by molar-refractivity contribution is 0.0954. The van der Waals surface area contributed by atoms with Crippen LogP contribution in [0.2, 0.25) is 0 Å². The highest BCUT2D eigenvalue weighted by Gasteiger charge is 2.07. The Morgan fingerprint density at radius 2 is 2.35 bits per heavy atom. The standard InChI is InChI=1S/C15H15N3OS/c16-7-3-5-14-10-12(11-20-14)15(19)18-9-6-13-4-1-2-8-17-13/h1-2,4,8,10-11H,6-7,9,16H2,(H,18,19). The first-order valence-electron chi connectivity index (χ1n) is 6.25. The zero-order valence-corrected chi connectivity index (χ0v) is 11.7. The molecular formula is C15H15N3OS. The van der Waals surface area contributed by atoms with Crippen LogP contribution in [0.1, 0.15) is 20.9 Å². The van der Waals surface area contributed by atoms with Crippen LogP contribution < -0.4 is 11.1 Å². The third kappa shape index (κ3) is 4.19. The van der Waals surface area contributed by atoms with Crippen LogP contribution in [-0.4, -0.2) is 24.0 Å². The van der Waals surface area contributed by atoms with Crippen LogP contribution >= 0.6 is 11.3 Å². The second-order valence-electron chi connectivity index (χ2n) is 4.03. The molecule has 0 spiro atoms. The maximum absolute atomic E-state index is 11.9. The number of hydrogen-bond acceptors (Lipinski definition) is 4. The molecule has 102 valence electrons. The minimum Gasteiger partial charge on any atom is -0.352 e. The number of nitrogens with zero attached hydrogens (tertiary/aromatic N) is 1. The Morgan fingerprint density at radius 1 is 1.45 bits per heavy atom. The molecule has 0 atom stereocenters. The Kier molecular flexibility index (Phi) is 5.30. The summed E-state index contributed by atoms with van der Waals surface area (Å²) in [7, 11) is 0. The summed E-state index contributed by atoms with van der Waals surface area (Å²) in [5, 5.41) is 4.67. The van der Waals surface area contributed by atoms with E-state index in [1.807, 2.05) is 18.2 Å². The van der Waals surface area contributed by atoms with Crippen LogP contribution in [0.15, 0.2) is 35.8 Å². The zero-order chi connectivity index (χ0) is 14.2. The van der Waals surface area contributed by atoms with Gasteiger partial charge in [-0.15, -0.1) is 11.3 Å². The first-order valence-corrected chi connectivity index (χ1v) is 7.13. The number of nitrogens with two attached hydrogens (primary N) is 1. The highest BCUT2D eigenvalue weighted by atomic mass is 32.1. The Labute approximate surface area is 122 Å². The number of nitrogens with one attached hydrogen (secondary N) is 1. The summed E-state index contributed by atoms with van der Waals surface area (Å²) >= 11 is 1.45. The molecule has 0 unspecified atom stereocenters. The topological polar surface area (TPSA) is 68.0 Å². The number of carbonyl (C=O) groups excluding carboxylic acids is 1. The van der Waals surface area contributed by atoms with Crippen molar-refractivity contribution in [3.05, 3.63) is 52.0 Å². The van der Waals surface area contributed by atoms with Crippen molar-refractivity contribution in [2.24, 2.45) is 5.73 Å². The largest absolute Gasteiger partial charge is 0.352 e. The van der Waals surface area contributed by atoms with E-state index in [0.29, 0.717) is 18.7 Å². The van der Waals surface area contributed by atoms with Crippen molar-refractivity contribution in [2.75, 3.05) is 13.1 Å². The van der Waals surface area contributed by atoms with Crippen LogP contribution in [0.3, 0.4) is 0 Å². The maximum atomic E-state index is 11.9. The minimum atomic E-state index is -0.0852. The van der Waals surface area contributed by atoms with Gasteiger partial charge in [0.25, 0.3) is 5.91 Å². The molecule has 0 saturated carbocycles. The molecule has 5 heteroatoms. The van der Waals surface area contributed by atoms with Gasteiger partial charge in [-0.05, 0) is 18.2 Å². The van der Waals surface area contributed by atoms with Crippen molar-refractivity contribution in [2.45, 2.75) is 6.42 Å². The number of pyridine rings is 1. The van der Waals surface area contributed by atoms with E-state index < -0.39 is 0 Å². The Hall–Kier alpha value is -2.16. The molecule has 4 nitrogen and oxygen atoms in total. The molecular weight excluding hydrogens is 270 g/mol. The lowest BCUT2D eigenvalue weighted by Crippen LogP contribution is -2.25. The molecule has 2 heterocycles. The molecule has 1 amide bonds. The summed E-state index contributed by atoms with van der Waals surface area (Å²) in [6.45, 7) is 0.888. The minimum absolute atomic E-state index is 0.0852. The number of hydrogen-bond donors (Lipinski definition) is 2. The summed E-state index contributed by atoms with van der Waals surface area (Å²) in [6.07, 6.45) is 2.47. The van der Waals surface area contributed by atoms with Gasteiger partial charge < -0.3 is 11.1 Å². The van der Waals surface area contributed by atoms with Crippen molar-refractivity contribution in [3.63, 3.8) is 0 Å². The second-order valence-corrected chi connectivity index (χ2v) is 4.94. The first-order chi connectivity index (χ1) is 9.79. The summed E-state index contributed by atoms with van der Waals surface area (Å²) in [5.74, 6) is 5.60. The summed E-state index contributed by atoms with van der Waals surface area (Å²) in [4.78, 5) is 17.0. The van der Waals surface area contributed by atoms with Crippen LogP contribution in [0.5, 0.6) is 0 Å². The van der Waals surface area contributed by atoms with Crippen molar-refractivity contribution in [1.29, 1.82) is 0 Å². The Morgan fingerprint density at radius 3 is 3.10 bits per heavy atom. The van der Waals surface area contributed by atoms with E-state index in [1.165, 1.54) is 11.3 Å². The molecule has 2 aromatic heterocycles. The molecule has 0 aromatic carbocycles. The molecule has 2 aromatic rings. The molecule has 3 N–H and O–H groups in total. The average molecular weight is 285 g/mol. The van der Waals surface area contributed by atoms with Gasteiger partial charge in [-0.3, -0.25) is 9.78 Å². The van der Waals surface area contributed by atoms with Gasteiger partial charge in [0.1, 0.15) is 0 Å². The van der Waals surface area contributed by atoms with Crippen molar-refractivity contribution in [3.8, 4) is 11.8 Å². The third-order valence-electron chi connectivity index (χ3n) is 2.57. The summed E-state index contributed by atoms with van der Waals surface area (Å²) < 4.78 is 0. The summed E-state index contributed by atoms with van der Waals surface area (Å²) in [5.41, 5.74) is 6.91. The molecule has 0 aliphatic heterocycles. The van der Waals surface area contributed by atoms with E-state index in [9.17, 15) is 4.79 Å². The fourth-order valence-electron chi connectivity index (χ4n) is 1.61. The molecule has 2 rings (SSSR count). The third-order valence-corrected chi connectivity index (χ3v) is 3.41. The highest BCUT2D eigenvalue weighted by molar-refractivity contribution is 7.10. The quantitative estimate of drug-likeness (QED) is 0.835. The fourth-order valence-corrected chi connectivity index (χ4v) is 2.37. The van der Waals surface area contributed by atoms with E-state index in [4.69, 9.17) is 5.73 Å². The molecule has 0 aliphatic rings. The van der Waals surface area contributed by atoms with Crippen molar-refractivity contribution < 1.29 is 4.79 Å². The Balaban J connectivity index is 1.84. The van der Waals surface area contributed by atoms with Gasteiger partial charge in [-0.1, -0.05) is 17.9 Å². The number of aromatic nitrogens is 1. The van der Waals surface area contributed by atoms with E-state index in [2.05, 4.69) is 22.1 Å². The Bertz CT molecular complexity index is 625. The number of carbonyl (C=O) groups is 1. The molecule has 0 saturated heterocycles. The molecule has 0 fully saturated rings. The number of amides is 1. The van der Waals surface area contributed by atoms with E-state index in [-0.39, 0.29) is 5.91 Å². The van der Waals surface area contributed by atoms with Gasteiger partial charge in [-0.2, -0.15) is 0 Å². The highest BCUT2D eigenvalue weighted by Crippen LogP contribution is 2.13. The SMILES string of the molecule is NCC#Cc1cc(C(=O)NCCc2ccccn2)cs1. The molecule has 0 radical (unpaired) electrons. The normalized spacial score (nSPS) is 9.65. The van der Waals surface area contributed by atoms with E-state index in [0.717, 1.165) is 17.0 Å². The van der Waals surface area contributed by atoms with Crippen LogP contribution in [0.25, 0.3) is 0 Å². The second kappa shape index (κ2) is 7.43. The lowest BCUT2D eigenvalue weighted by Gasteiger charge is -2.03. The van der Waals surface area contributed by atoms with E-state index in [1.54, 1.807) is 17.6 Å². The van der Waals surface area contributed by atoms with Gasteiger partial charge in [0, 0.05) is 30.2 Å². The lowest BCUT2D eigenvalue weighted by atomic mass is 10.2. The predicted molar refractivity (Wildman–Crippen MR) is 80.5 cm³/mol. The van der Waals surface area contributed by atoms with E-state index >= 15 is 0 Å². The van der Waals surface area contributed by atoms with Gasteiger partial charge in [-0.25, -0.2) is 0 Å². The number of rotatable bonds is 4. The van der Waals surface area contributed by atoms with Crippen molar-refractivity contribution >= 4 is 17.2 Å². The van der Waals surface area contributed by atoms with Crippen LogP contribution in [-0.2, 0) is 6.42 Å². The smallest absolute Gasteiger partial charge is 0.252 e. The summed E-state index contributed by atoms with van der Waals surface area (Å²) in [6, 6.07) is 7.53.